The van der Waals surface area contributed by atoms with E-state index in [0.717, 1.165) is 22.4 Å². The van der Waals surface area contributed by atoms with E-state index in [0.29, 0.717) is 30.3 Å². The average Bonchev–Trinajstić information content (AvgIpc) is 2.71. The Kier molecular flexibility index (Phi) is 6.89. The first-order valence-electron chi connectivity index (χ1n) is 9.78. The largest absolute Gasteiger partial charge is 0.493 e. The molecule has 7 nitrogen and oxygen atoms in total. The van der Waals surface area contributed by atoms with Crippen LogP contribution >= 0.6 is 0 Å². The van der Waals surface area contributed by atoms with Crippen LogP contribution in [0.15, 0.2) is 36.4 Å². The quantitative estimate of drug-likeness (QED) is 0.703. The number of hydrogen-bond acceptors (Lipinski definition) is 4. The lowest BCUT2D eigenvalue weighted by Gasteiger charge is -2.30. The van der Waals surface area contributed by atoms with E-state index >= 15 is 0 Å². The number of halogens is 1. The van der Waals surface area contributed by atoms with Crippen LogP contribution in [0.25, 0.3) is 0 Å². The van der Waals surface area contributed by atoms with Crippen molar-refractivity contribution in [2.75, 3.05) is 46.2 Å². The highest BCUT2D eigenvalue weighted by atomic mass is 19.1. The van der Waals surface area contributed by atoms with Gasteiger partial charge in [0.1, 0.15) is 5.82 Å². The Bertz CT molecular complexity index is 935. The van der Waals surface area contributed by atoms with Gasteiger partial charge in [0.15, 0.2) is 24.6 Å². The van der Waals surface area contributed by atoms with Crippen molar-refractivity contribution in [3.63, 3.8) is 0 Å². The Hall–Kier alpha value is -3.13. The predicted molar refractivity (Wildman–Crippen MR) is 110 cm³/mol. The maximum absolute atomic E-state index is 13.2. The molecule has 0 bridgehead atoms. The third-order valence-corrected chi connectivity index (χ3v) is 5.09. The summed E-state index contributed by atoms with van der Waals surface area (Å²) in [5.74, 6) is 0.619. The maximum atomic E-state index is 13.2. The molecular formula is C22H27FN3O4+. The molecule has 1 heterocycles. The Morgan fingerprint density at radius 1 is 1.10 bits per heavy atom. The van der Waals surface area contributed by atoms with E-state index < -0.39 is 5.82 Å². The van der Waals surface area contributed by atoms with Crippen molar-refractivity contribution in [2.24, 2.45) is 0 Å². The van der Waals surface area contributed by atoms with Crippen molar-refractivity contribution >= 4 is 17.5 Å². The molecule has 1 aliphatic rings. The summed E-state index contributed by atoms with van der Waals surface area (Å²) in [5, 5.41) is 2.65. The minimum absolute atomic E-state index is 0.0218. The van der Waals surface area contributed by atoms with Gasteiger partial charge in [-0.05, 0) is 47.9 Å². The Labute approximate surface area is 175 Å². The number of ether oxygens (including phenoxy) is 2. The summed E-state index contributed by atoms with van der Waals surface area (Å²) in [4.78, 5) is 27.5. The third kappa shape index (κ3) is 5.27. The van der Waals surface area contributed by atoms with Crippen LogP contribution < -0.4 is 19.7 Å². The van der Waals surface area contributed by atoms with E-state index in [9.17, 15) is 14.0 Å². The molecule has 0 aliphatic carbocycles. The predicted octanol–water partition coefficient (Wildman–Crippen LogP) is 0.881. The summed E-state index contributed by atoms with van der Waals surface area (Å²) in [7, 11) is 4.98. The number of nitrogens with one attached hydrogen (secondary N) is 2. The molecule has 3 rings (SSSR count). The van der Waals surface area contributed by atoms with Crippen LogP contribution in [0.2, 0.25) is 0 Å². The minimum atomic E-state index is -0.414. The van der Waals surface area contributed by atoms with Crippen molar-refractivity contribution in [1.82, 2.24) is 4.90 Å². The van der Waals surface area contributed by atoms with Crippen molar-refractivity contribution < 1.29 is 28.4 Å². The molecule has 2 aromatic rings. The van der Waals surface area contributed by atoms with Gasteiger partial charge < -0.3 is 24.6 Å². The van der Waals surface area contributed by atoms with Gasteiger partial charge in [-0.2, -0.15) is 0 Å². The summed E-state index contributed by atoms with van der Waals surface area (Å²) in [6, 6.07) is 9.60. The highest BCUT2D eigenvalue weighted by Crippen LogP contribution is 2.33. The first-order chi connectivity index (χ1) is 14.4. The lowest BCUT2D eigenvalue weighted by Crippen LogP contribution is -3.11. The smallest absolute Gasteiger partial charge is 0.279 e. The van der Waals surface area contributed by atoms with E-state index in [2.05, 4.69) is 5.32 Å². The molecule has 2 aromatic carbocycles. The van der Waals surface area contributed by atoms with Gasteiger partial charge in [0.25, 0.3) is 11.8 Å². The SMILES string of the molecule is COc1cc2c(cc1OC)CN(C(=O)C[NH+](C)CC(=O)Nc1cccc(F)c1)CC2. The van der Waals surface area contributed by atoms with Gasteiger partial charge >= 0.3 is 0 Å². The maximum Gasteiger partial charge on any atom is 0.279 e. The number of rotatable bonds is 7. The number of likely N-dealkylation sites (N-methyl/N-ethyl adjacent to an activating group) is 1. The monoisotopic (exact) mass is 416 g/mol. The van der Waals surface area contributed by atoms with E-state index in [1.165, 1.54) is 18.2 Å². The molecule has 0 radical (unpaired) electrons. The molecule has 0 saturated carbocycles. The van der Waals surface area contributed by atoms with Gasteiger partial charge in [-0.3, -0.25) is 9.59 Å². The van der Waals surface area contributed by atoms with Crippen molar-refractivity contribution in [1.29, 1.82) is 0 Å². The van der Waals surface area contributed by atoms with Crippen molar-refractivity contribution in [3.05, 3.63) is 53.3 Å². The van der Waals surface area contributed by atoms with Crippen LogP contribution in [0.1, 0.15) is 11.1 Å². The topological polar surface area (TPSA) is 72.3 Å². The number of carbonyl (C=O) groups is 2. The lowest BCUT2D eigenvalue weighted by molar-refractivity contribution is -0.862. The Balaban J connectivity index is 1.55. The van der Waals surface area contributed by atoms with Crippen LogP contribution in [0.4, 0.5) is 10.1 Å². The Morgan fingerprint density at radius 3 is 2.47 bits per heavy atom. The zero-order chi connectivity index (χ0) is 21.7. The highest BCUT2D eigenvalue weighted by Gasteiger charge is 2.25. The Morgan fingerprint density at radius 2 is 1.80 bits per heavy atom. The summed E-state index contributed by atoms with van der Waals surface area (Å²) < 4.78 is 23.9. The van der Waals surface area contributed by atoms with E-state index in [4.69, 9.17) is 9.47 Å². The fraction of sp³-hybridized carbons (Fsp3) is 0.364. The molecule has 0 saturated heterocycles. The van der Waals surface area contributed by atoms with Gasteiger partial charge in [0.2, 0.25) is 0 Å². The van der Waals surface area contributed by atoms with Crippen LogP contribution in [-0.4, -0.2) is 57.6 Å². The standard InChI is InChI=1S/C22H26FN3O4/c1-25(13-21(27)24-18-6-4-5-17(23)11-18)14-22(28)26-8-7-15-9-19(29-2)20(30-3)10-16(15)12-26/h4-6,9-11H,7-8,12-14H2,1-3H3,(H,24,27)/p+1. The minimum Gasteiger partial charge on any atom is -0.493 e. The number of fused-ring (bicyclic) bond motifs is 1. The van der Waals surface area contributed by atoms with Gasteiger partial charge in [0.05, 0.1) is 21.3 Å². The van der Waals surface area contributed by atoms with Crippen LogP contribution in [0.3, 0.4) is 0 Å². The number of nitrogens with zero attached hydrogens (tertiary/aromatic N) is 1. The fourth-order valence-electron chi connectivity index (χ4n) is 3.57. The lowest BCUT2D eigenvalue weighted by atomic mass is 9.98. The summed E-state index contributed by atoms with van der Waals surface area (Å²) >= 11 is 0. The second-order valence-corrected chi connectivity index (χ2v) is 7.41. The van der Waals surface area contributed by atoms with Gasteiger partial charge in [-0.15, -0.1) is 0 Å². The molecule has 0 fully saturated rings. The van der Waals surface area contributed by atoms with Crippen molar-refractivity contribution in [3.8, 4) is 11.5 Å². The molecule has 0 spiro atoms. The van der Waals surface area contributed by atoms with Crippen LogP contribution in [-0.2, 0) is 22.6 Å². The summed E-state index contributed by atoms with van der Waals surface area (Å²) in [6.07, 6.45) is 0.737. The molecule has 2 N–H and O–H groups in total. The zero-order valence-electron chi connectivity index (χ0n) is 17.5. The molecular weight excluding hydrogens is 389 g/mol. The molecule has 160 valence electrons. The summed E-state index contributed by atoms with van der Waals surface area (Å²) in [5.41, 5.74) is 2.58. The normalized spacial score (nSPS) is 13.9. The fourth-order valence-corrected chi connectivity index (χ4v) is 3.57. The van der Waals surface area contributed by atoms with E-state index in [1.54, 1.807) is 32.2 Å². The van der Waals surface area contributed by atoms with E-state index in [1.807, 2.05) is 12.1 Å². The molecule has 8 heteroatoms. The molecule has 1 unspecified atom stereocenters. The number of quaternary nitrogens is 1. The number of carbonyl (C=O) groups excluding carboxylic acids is 2. The number of benzene rings is 2. The van der Waals surface area contributed by atoms with Gasteiger partial charge in [-0.1, -0.05) is 6.07 Å². The molecule has 1 atom stereocenters. The second kappa shape index (κ2) is 9.58. The highest BCUT2D eigenvalue weighted by molar-refractivity contribution is 5.91. The zero-order valence-corrected chi connectivity index (χ0v) is 17.5. The molecule has 30 heavy (non-hydrogen) atoms. The van der Waals surface area contributed by atoms with Crippen LogP contribution in [0, 0.1) is 5.82 Å². The summed E-state index contributed by atoms with van der Waals surface area (Å²) in [6.45, 7) is 1.41. The molecule has 0 aromatic heterocycles. The van der Waals surface area contributed by atoms with E-state index in [-0.39, 0.29) is 24.9 Å². The number of amides is 2. The number of methoxy groups -OCH3 is 2. The average molecular weight is 416 g/mol. The first-order valence-corrected chi connectivity index (χ1v) is 9.78. The van der Waals surface area contributed by atoms with Crippen LogP contribution in [0.5, 0.6) is 11.5 Å². The molecule has 2 amide bonds. The first kappa shape index (κ1) is 21.6. The second-order valence-electron chi connectivity index (χ2n) is 7.41. The third-order valence-electron chi connectivity index (χ3n) is 5.09. The van der Waals surface area contributed by atoms with Gasteiger partial charge in [0, 0.05) is 18.8 Å². The van der Waals surface area contributed by atoms with Gasteiger partial charge in [-0.25, -0.2) is 4.39 Å². The number of hydrogen-bond donors (Lipinski definition) is 2. The molecule has 1 aliphatic heterocycles. The number of anilines is 1. The van der Waals surface area contributed by atoms with Crippen molar-refractivity contribution in [2.45, 2.75) is 13.0 Å².